The zero-order valence-electron chi connectivity index (χ0n) is 10.1. The molecular formula is C14H18O3. The average Bonchev–Trinajstić information content (AvgIpc) is 2.80. The molecule has 0 unspecified atom stereocenters. The molecule has 2 heterocycles. The Kier molecular flexibility index (Phi) is 2.81. The fraction of sp³-hybridized carbons (Fsp3) is 0.571. The highest BCUT2D eigenvalue weighted by atomic mass is 16.5. The predicted octanol–water partition coefficient (Wildman–Crippen LogP) is 2.53. The molecule has 1 aromatic rings. The molecule has 0 fully saturated rings. The first kappa shape index (κ1) is 11.1. The molecule has 92 valence electrons. The summed E-state index contributed by atoms with van der Waals surface area (Å²) in [5.74, 6) is 0.972. The molecule has 0 bridgehead atoms. The zero-order valence-corrected chi connectivity index (χ0v) is 10.1. The van der Waals surface area contributed by atoms with Crippen LogP contribution in [0.15, 0.2) is 12.1 Å². The van der Waals surface area contributed by atoms with Gasteiger partial charge in [-0.2, -0.15) is 0 Å². The van der Waals surface area contributed by atoms with Crippen LogP contribution >= 0.6 is 0 Å². The molecule has 0 radical (unpaired) electrons. The van der Waals surface area contributed by atoms with Crippen LogP contribution in [0.1, 0.15) is 48.7 Å². The Morgan fingerprint density at radius 1 is 1.41 bits per heavy atom. The number of fused-ring (bicyclic) bond motifs is 3. The molecule has 0 aromatic heterocycles. The van der Waals surface area contributed by atoms with Gasteiger partial charge in [-0.1, -0.05) is 25.5 Å². The van der Waals surface area contributed by atoms with E-state index in [0.29, 0.717) is 6.61 Å². The third-order valence-corrected chi connectivity index (χ3v) is 3.62. The van der Waals surface area contributed by atoms with Gasteiger partial charge in [-0.05, 0) is 17.5 Å². The van der Waals surface area contributed by atoms with Gasteiger partial charge in [0.05, 0.1) is 19.3 Å². The van der Waals surface area contributed by atoms with Crippen molar-refractivity contribution in [3.63, 3.8) is 0 Å². The molecule has 3 nitrogen and oxygen atoms in total. The second-order valence-corrected chi connectivity index (χ2v) is 4.78. The minimum atomic E-state index is -0.507. The van der Waals surface area contributed by atoms with Crippen LogP contribution < -0.4 is 4.74 Å². The van der Waals surface area contributed by atoms with Crippen molar-refractivity contribution in [2.75, 3.05) is 13.2 Å². The van der Waals surface area contributed by atoms with Crippen LogP contribution in [0.5, 0.6) is 5.75 Å². The lowest BCUT2D eigenvalue weighted by atomic mass is 9.90. The van der Waals surface area contributed by atoms with Crippen molar-refractivity contribution in [3.05, 3.63) is 28.8 Å². The van der Waals surface area contributed by atoms with Crippen LogP contribution in [-0.2, 0) is 11.2 Å². The fourth-order valence-corrected chi connectivity index (χ4v) is 2.78. The largest absolute Gasteiger partial charge is 0.493 e. The van der Waals surface area contributed by atoms with Crippen LogP contribution in [0.4, 0.5) is 0 Å². The number of rotatable bonds is 2. The van der Waals surface area contributed by atoms with E-state index >= 15 is 0 Å². The van der Waals surface area contributed by atoms with E-state index in [4.69, 9.17) is 9.47 Å². The standard InChI is InChI=1S/C14H18O3/c1-2-3-12-13-10(11(15)8-17-12)5-4-9-6-7-16-14(9)13/h4-5,11-12,15H,2-3,6-8H2,1H3/t11-,12-/m0/s1. The number of ether oxygens (including phenoxy) is 2. The number of aliphatic hydroxyl groups is 1. The average molecular weight is 234 g/mol. The minimum absolute atomic E-state index is 0.0893. The van der Waals surface area contributed by atoms with Crippen molar-refractivity contribution in [2.45, 2.75) is 38.4 Å². The van der Waals surface area contributed by atoms with Crippen molar-refractivity contribution in [1.82, 2.24) is 0 Å². The maximum atomic E-state index is 10.00. The van der Waals surface area contributed by atoms with Crippen molar-refractivity contribution >= 4 is 0 Å². The smallest absolute Gasteiger partial charge is 0.128 e. The fourth-order valence-electron chi connectivity index (χ4n) is 2.78. The summed E-state index contributed by atoms with van der Waals surface area (Å²) in [6.45, 7) is 3.30. The SMILES string of the molecule is CCC[C@@H]1OC[C@H](O)c2ccc3c(c21)OCC3. The lowest BCUT2D eigenvalue weighted by Gasteiger charge is -2.30. The van der Waals surface area contributed by atoms with Gasteiger partial charge < -0.3 is 14.6 Å². The maximum Gasteiger partial charge on any atom is 0.128 e. The highest BCUT2D eigenvalue weighted by molar-refractivity contribution is 5.51. The number of hydrogen-bond acceptors (Lipinski definition) is 3. The van der Waals surface area contributed by atoms with Gasteiger partial charge in [-0.15, -0.1) is 0 Å². The summed E-state index contributed by atoms with van der Waals surface area (Å²) in [6, 6.07) is 4.12. The minimum Gasteiger partial charge on any atom is -0.493 e. The van der Waals surface area contributed by atoms with E-state index in [2.05, 4.69) is 13.0 Å². The van der Waals surface area contributed by atoms with E-state index < -0.39 is 6.10 Å². The van der Waals surface area contributed by atoms with Gasteiger partial charge in [0.2, 0.25) is 0 Å². The normalized spacial score (nSPS) is 26.2. The van der Waals surface area contributed by atoms with E-state index in [1.165, 1.54) is 5.56 Å². The summed E-state index contributed by atoms with van der Waals surface area (Å²) in [7, 11) is 0. The molecule has 2 aliphatic rings. The van der Waals surface area contributed by atoms with Crippen LogP contribution in [0.25, 0.3) is 0 Å². The molecule has 3 rings (SSSR count). The Bertz CT molecular complexity index is 428. The molecule has 3 heteroatoms. The molecule has 0 saturated heterocycles. The molecule has 0 amide bonds. The summed E-state index contributed by atoms with van der Waals surface area (Å²) in [5.41, 5.74) is 3.35. The Hall–Kier alpha value is -1.06. The van der Waals surface area contributed by atoms with Crippen molar-refractivity contribution in [2.24, 2.45) is 0 Å². The molecule has 1 aromatic carbocycles. The predicted molar refractivity (Wildman–Crippen MR) is 64.2 cm³/mol. The molecule has 0 saturated carbocycles. The Balaban J connectivity index is 2.09. The summed E-state index contributed by atoms with van der Waals surface area (Å²) in [6.07, 6.45) is 2.61. The Morgan fingerprint density at radius 2 is 2.29 bits per heavy atom. The first-order valence-corrected chi connectivity index (χ1v) is 6.39. The zero-order chi connectivity index (χ0) is 11.8. The Labute approximate surface area is 101 Å². The van der Waals surface area contributed by atoms with E-state index in [9.17, 15) is 5.11 Å². The summed E-state index contributed by atoms with van der Waals surface area (Å²) in [5, 5.41) is 10.00. The van der Waals surface area contributed by atoms with E-state index in [-0.39, 0.29) is 6.10 Å². The molecule has 2 aliphatic heterocycles. The monoisotopic (exact) mass is 234 g/mol. The van der Waals surface area contributed by atoms with Crippen LogP contribution in [0.3, 0.4) is 0 Å². The van der Waals surface area contributed by atoms with Crippen molar-refractivity contribution in [1.29, 1.82) is 0 Å². The number of aliphatic hydroxyl groups excluding tert-OH is 1. The second kappa shape index (κ2) is 4.31. The van der Waals surface area contributed by atoms with Crippen molar-refractivity contribution < 1.29 is 14.6 Å². The molecule has 17 heavy (non-hydrogen) atoms. The first-order valence-electron chi connectivity index (χ1n) is 6.39. The number of hydrogen-bond donors (Lipinski definition) is 1. The van der Waals surface area contributed by atoms with E-state index in [1.54, 1.807) is 0 Å². The van der Waals surface area contributed by atoms with Gasteiger partial charge in [0.1, 0.15) is 11.9 Å². The molecular weight excluding hydrogens is 216 g/mol. The van der Waals surface area contributed by atoms with Crippen LogP contribution in [0, 0.1) is 0 Å². The third-order valence-electron chi connectivity index (χ3n) is 3.62. The summed E-state index contributed by atoms with van der Waals surface area (Å²) in [4.78, 5) is 0. The van der Waals surface area contributed by atoms with Crippen LogP contribution in [-0.4, -0.2) is 18.3 Å². The van der Waals surface area contributed by atoms with Gasteiger partial charge in [0.25, 0.3) is 0 Å². The quantitative estimate of drug-likeness (QED) is 0.854. The summed E-state index contributed by atoms with van der Waals surface area (Å²) < 4.78 is 11.5. The topological polar surface area (TPSA) is 38.7 Å². The summed E-state index contributed by atoms with van der Waals surface area (Å²) >= 11 is 0. The third kappa shape index (κ3) is 1.74. The van der Waals surface area contributed by atoms with Gasteiger partial charge in [-0.25, -0.2) is 0 Å². The molecule has 0 aliphatic carbocycles. The van der Waals surface area contributed by atoms with Crippen molar-refractivity contribution in [3.8, 4) is 5.75 Å². The van der Waals surface area contributed by atoms with Gasteiger partial charge in [-0.3, -0.25) is 0 Å². The molecule has 2 atom stereocenters. The van der Waals surface area contributed by atoms with E-state index in [0.717, 1.165) is 42.7 Å². The number of benzene rings is 1. The second-order valence-electron chi connectivity index (χ2n) is 4.78. The van der Waals surface area contributed by atoms with Gasteiger partial charge in [0, 0.05) is 12.0 Å². The highest BCUT2D eigenvalue weighted by Crippen LogP contribution is 2.44. The van der Waals surface area contributed by atoms with Gasteiger partial charge >= 0.3 is 0 Å². The first-order chi connectivity index (χ1) is 8.31. The Morgan fingerprint density at radius 3 is 3.12 bits per heavy atom. The van der Waals surface area contributed by atoms with Gasteiger partial charge in [0.15, 0.2) is 0 Å². The van der Waals surface area contributed by atoms with Crippen LogP contribution in [0.2, 0.25) is 0 Å². The molecule has 0 spiro atoms. The lowest BCUT2D eigenvalue weighted by Crippen LogP contribution is -2.21. The van der Waals surface area contributed by atoms with E-state index in [1.807, 2.05) is 6.07 Å². The lowest BCUT2D eigenvalue weighted by molar-refractivity contribution is -0.0350. The molecule has 1 N–H and O–H groups in total. The maximum absolute atomic E-state index is 10.00. The highest BCUT2D eigenvalue weighted by Gasteiger charge is 2.32.